The van der Waals surface area contributed by atoms with Crippen LogP contribution in [0.4, 0.5) is 33.5 Å². The third kappa shape index (κ3) is 4.09. The normalized spacial score (nSPS) is 18.5. The zero-order chi connectivity index (χ0) is 22.4. The maximum atomic E-state index is 14.1. The third-order valence-corrected chi connectivity index (χ3v) is 6.40. The Bertz CT molecular complexity index is 1100. The topological polar surface area (TPSA) is 70.6 Å². The summed E-state index contributed by atoms with van der Waals surface area (Å²) in [5.74, 6) is -3.86. The van der Waals surface area contributed by atoms with E-state index < -0.39 is 56.9 Å². The molecule has 1 amide bonds. The number of aryl methyl sites for hydroxylation is 1. The van der Waals surface area contributed by atoms with Crippen LogP contribution in [-0.2, 0) is 21.0 Å². The number of pyridine rings is 1. The minimum absolute atomic E-state index is 0.0916. The van der Waals surface area contributed by atoms with Crippen LogP contribution < -0.4 is 9.21 Å². The Labute approximate surface area is 169 Å². The number of carbonyl (C=O) groups excluding carboxylic acids is 1. The number of nitrogens with zero attached hydrogens (tertiary/aromatic N) is 3. The summed E-state index contributed by atoms with van der Waals surface area (Å²) in [5.41, 5.74) is -1.51. The van der Waals surface area contributed by atoms with Crippen LogP contribution in [0.25, 0.3) is 0 Å². The van der Waals surface area contributed by atoms with Crippen molar-refractivity contribution in [1.82, 2.24) is 4.98 Å². The van der Waals surface area contributed by atoms with Gasteiger partial charge in [0.05, 0.1) is 17.0 Å². The van der Waals surface area contributed by atoms with Gasteiger partial charge in [-0.1, -0.05) is 0 Å². The molecule has 1 aliphatic heterocycles. The molecule has 2 heterocycles. The van der Waals surface area contributed by atoms with E-state index in [1.54, 1.807) is 0 Å². The van der Waals surface area contributed by atoms with E-state index in [9.17, 15) is 35.2 Å². The zero-order valence-electron chi connectivity index (χ0n) is 15.7. The lowest BCUT2D eigenvalue weighted by Crippen LogP contribution is -2.46. The number of anilines is 2. The minimum Gasteiger partial charge on any atom is -0.311 e. The average molecular weight is 449 g/mol. The Morgan fingerprint density at radius 3 is 2.47 bits per heavy atom. The number of likely N-dealkylation sites (N-methyl/N-ethyl adjacent to an activating group) is 1. The Kier molecular flexibility index (Phi) is 5.48. The van der Waals surface area contributed by atoms with Gasteiger partial charge in [-0.2, -0.15) is 13.2 Å². The molecule has 0 spiro atoms. The highest BCUT2D eigenvalue weighted by atomic mass is 32.2. The molecule has 0 aliphatic carbocycles. The number of benzene rings is 1. The van der Waals surface area contributed by atoms with E-state index in [1.807, 2.05) is 0 Å². The second kappa shape index (κ2) is 7.49. The number of carbonyl (C=O) groups is 1. The van der Waals surface area contributed by atoms with Gasteiger partial charge in [0.15, 0.2) is 0 Å². The van der Waals surface area contributed by atoms with Crippen molar-refractivity contribution in [2.75, 3.05) is 22.0 Å². The smallest absolute Gasteiger partial charge is 0.311 e. The van der Waals surface area contributed by atoms with Gasteiger partial charge >= 0.3 is 6.18 Å². The number of hydrogen-bond donors (Lipinski definition) is 0. The van der Waals surface area contributed by atoms with Gasteiger partial charge in [-0.05, 0) is 37.6 Å². The van der Waals surface area contributed by atoms with Gasteiger partial charge in [-0.3, -0.25) is 4.79 Å². The summed E-state index contributed by atoms with van der Waals surface area (Å²) in [4.78, 5) is 17.6. The van der Waals surface area contributed by atoms with Crippen LogP contribution in [0, 0.1) is 18.6 Å². The van der Waals surface area contributed by atoms with Gasteiger partial charge < -0.3 is 4.90 Å². The number of amides is 1. The zero-order valence-corrected chi connectivity index (χ0v) is 16.6. The number of alkyl halides is 3. The Morgan fingerprint density at radius 2 is 1.87 bits per heavy atom. The molecule has 0 N–H and O–H groups in total. The van der Waals surface area contributed by atoms with E-state index in [2.05, 4.69) is 4.98 Å². The van der Waals surface area contributed by atoms with Crippen LogP contribution in [0.15, 0.2) is 30.3 Å². The summed E-state index contributed by atoms with van der Waals surface area (Å²) in [7, 11) is -2.98. The highest BCUT2D eigenvalue weighted by Crippen LogP contribution is 2.35. The van der Waals surface area contributed by atoms with E-state index in [1.165, 1.54) is 6.92 Å². The lowest BCUT2D eigenvalue weighted by atomic mass is 10.1. The van der Waals surface area contributed by atoms with Crippen molar-refractivity contribution >= 4 is 27.4 Å². The Balaban J connectivity index is 2.03. The minimum atomic E-state index is -4.75. The highest BCUT2D eigenvalue weighted by molar-refractivity contribution is 7.93. The van der Waals surface area contributed by atoms with Crippen molar-refractivity contribution in [1.29, 1.82) is 0 Å². The number of aromatic nitrogens is 1. The van der Waals surface area contributed by atoms with Crippen molar-refractivity contribution in [2.24, 2.45) is 0 Å². The van der Waals surface area contributed by atoms with Crippen LogP contribution in [0.5, 0.6) is 0 Å². The molecule has 162 valence electrons. The molecule has 1 saturated heterocycles. The maximum Gasteiger partial charge on any atom is 0.416 e. The molecule has 0 saturated carbocycles. The molecular formula is C18H16F5N3O3S. The van der Waals surface area contributed by atoms with Crippen LogP contribution >= 0.6 is 0 Å². The number of rotatable bonds is 3. The number of halogens is 5. The lowest BCUT2D eigenvalue weighted by Gasteiger charge is -2.28. The molecule has 6 nitrogen and oxygen atoms in total. The van der Waals surface area contributed by atoms with Gasteiger partial charge in [0.1, 0.15) is 23.5 Å². The maximum absolute atomic E-state index is 14.1. The fraction of sp³-hybridized carbons (Fsp3) is 0.333. The fourth-order valence-electron chi connectivity index (χ4n) is 3.22. The SMILES string of the molecule is Cc1cc(C(F)(F)F)cc(N2[C@H](C(=O)N(C)c3ccc(F)cc3F)CCS2(=O)=O)n1. The first-order chi connectivity index (χ1) is 13.8. The lowest BCUT2D eigenvalue weighted by molar-refractivity contribution is -0.137. The molecule has 1 aliphatic rings. The molecule has 1 fully saturated rings. The van der Waals surface area contributed by atoms with Gasteiger partial charge in [0.25, 0.3) is 5.91 Å². The average Bonchev–Trinajstić information content (AvgIpc) is 2.94. The third-order valence-electron chi connectivity index (χ3n) is 4.61. The second-order valence-corrected chi connectivity index (χ2v) is 8.73. The standard InChI is InChI=1S/C18H16F5N3O3S/c1-10-7-11(18(21,22)23)8-16(24-10)26-15(5-6-30(26,28)29)17(27)25(2)14-4-3-12(19)9-13(14)20/h3-4,7-9,15H,5-6H2,1-2H3/t15-/m0/s1. The summed E-state index contributed by atoms with van der Waals surface area (Å²) in [5, 5.41) is 0. The Hall–Kier alpha value is -2.76. The summed E-state index contributed by atoms with van der Waals surface area (Å²) in [6, 6.07) is 2.35. The van der Waals surface area contributed by atoms with Crippen LogP contribution in [0.3, 0.4) is 0 Å². The summed E-state index contributed by atoms with van der Waals surface area (Å²) >= 11 is 0. The molecule has 1 atom stereocenters. The molecule has 12 heteroatoms. The first-order valence-electron chi connectivity index (χ1n) is 8.62. The van der Waals surface area contributed by atoms with Gasteiger partial charge in [0.2, 0.25) is 10.0 Å². The van der Waals surface area contributed by atoms with E-state index in [0.717, 1.165) is 30.1 Å². The highest BCUT2D eigenvalue weighted by Gasteiger charge is 2.45. The van der Waals surface area contributed by atoms with E-state index >= 15 is 0 Å². The van der Waals surface area contributed by atoms with Crippen molar-refractivity contribution < 1.29 is 35.2 Å². The molecular weight excluding hydrogens is 433 g/mol. The van der Waals surface area contributed by atoms with E-state index in [-0.39, 0.29) is 17.8 Å². The van der Waals surface area contributed by atoms with Crippen LogP contribution in [-0.4, -0.2) is 38.2 Å². The summed E-state index contributed by atoms with van der Waals surface area (Å²) < 4.78 is 92.3. The fourth-order valence-corrected chi connectivity index (χ4v) is 4.90. The largest absolute Gasteiger partial charge is 0.416 e. The molecule has 3 rings (SSSR count). The monoisotopic (exact) mass is 449 g/mol. The second-order valence-electron chi connectivity index (χ2n) is 6.76. The van der Waals surface area contributed by atoms with Crippen molar-refractivity contribution in [3.63, 3.8) is 0 Å². The first kappa shape index (κ1) is 21.9. The van der Waals surface area contributed by atoms with E-state index in [4.69, 9.17) is 0 Å². The summed E-state index contributed by atoms with van der Waals surface area (Å²) in [6.45, 7) is 1.26. The van der Waals surface area contributed by atoms with Gasteiger partial charge in [-0.25, -0.2) is 26.5 Å². The predicted octanol–water partition coefficient (Wildman–Crippen LogP) is 3.26. The van der Waals surface area contributed by atoms with Crippen LogP contribution in [0.1, 0.15) is 17.7 Å². The summed E-state index contributed by atoms with van der Waals surface area (Å²) in [6.07, 6.45) is -4.98. The quantitative estimate of drug-likeness (QED) is 0.675. The first-order valence-corrected chi connectivity index (χ1v) is 10.2. The Morgan fingerprint density at radius 1 is 1.20 bits per heavy atom. The molecule has 0 radical (unpaired) electrons. The van der Waals surface area contributed by atoms with Gasteiger partial charge in [-0.15, -0.1) is 0 Å². The molecule has 2 aromatic rings. The molecule has 1 aromatic carbocycles. The van der Waals surface area contributed by atoms with Crippen molar-refractivity contribution in [2.45, 2.75) is 25.6 Å². The van der Waals surface area contributed by atoms with E-state index in [0.29, 0.717) is 16.4 Å². The predicted molar refractivity (Wildman–Crippen MR) is 98.4 cm³/mol. The van der Waals surface area contributed by atoms with Crippen molar-refractivity contribution in [3.05, 3.63) is 53.2 Å². The number of hydrogen-bond acceptors (Lipinski definition) is 4. The number of sulfonamides is 1. The molecule has 1 aromatic heterocycles. The molecule has 0 bridgehead atoms. The van der Waals surface area contributed by atoms with Gasteiger partial charge in [0, 0.05) is 18.8 Å². The molecule has 0 unspecified atom stereocenters. The van der Waals surface area contributed by atoms with Crippen molar-refractivity contribution in [3.8, 4) is 0 Å². The molecule has 30 heavy (non-hydrogen) atoms. The van der Waals surface area contributed by atoms with Crippen LogP contribution in [0.2, 0.25) is 0 Å².